The van der Waals surface area contributed by atoms with E-state index in [9.17, 15) is 19.6 Å². The number of rotatable bonds is 0. The highest BCUT2D eigenvalue weighted by Crippen LogP contribution is 2.55. The van der Waals surface area contributed by atoms with Gasteiger partial charge in [-0.25, -0.2) is 9.69 Å². The van der Waals surface area contributed by atoms with Gasteiger partial charge in [-0.1, -0.05) is 30.3 Å². The highest BCUT2D eigenvalue weighted by atomic mass is 16.5. The molecule has 2 aliphatic heterocycles. The van der Waals surface area contributed by atoms with E-state index < -0.39 is 22.9 Å². The molecule has 146 valence electrons. The Morgan fingerprint density at radius 3 is 2.57 bits per heavy atom. The number of fused-ring (bicyclic) bond motifs is 6. The van der Waals surface area contributed by atoms with Gasteiger partial charge in [0, 0.05) is 12.5 Å². The SMILES string of the molecule is CC(=O)N1C(=O)C2(C(C#N)=C(N)Oc3c2c(=O)oc2ccccc32)c2ccccc21. The van der Waals surface area contributed by atoms with Crippen LogP contribution in [-0.4, -0.2) is 11.8 Å². The summed E-state index contributed by atoms with van der Waals surface area (Å²) in [6.07, 6.45) is 0. The van der Waals surface area contributed by atoms with Gasteiger partial charge in [0.15, 0.2) is 11.2 Å². The van der Waals surface area contributed by atoms with Gasteiger partial charge in [-0.05, 0) is 18.2 Å². The fourth-order valence-corrected chi connectivity index (χ4v) is 4.33. The monoisotopic (exact) mass is 399 g/mol. The molecule has 30 heavy (non-hydrogen) atoms. The van der Waals surface area contributed by atoms with E-state index in [-0.39, 0.29) is 39.6 Å². The molecule has 0 aliphatic carbocycles. The number of anilines is 1. The lowest BCUT2D eigenvalue weighted by Gasteiger charge is -2.33. The van der Waals surface area contributed by atoms with Crippen LogP contribution in [0.4, 0.5) is 5.69 Å². The summed E-state index contributed by atoms with van der Waals surface area (Å²) < 4.78 is 11.2. The highest BCUT2D eigenvalue weighted by molar-refractivity contribution is 6.25. The summed E-state index contributed by atoms with van der Waals surface area (Å²) in [5.74, 6) is -1.61. The van der Waals surface area contributed by atoms with Crippen molar-refractivity contribution < 1.29 is 18.7 Å². The Hall–Kier alpha value is -4.38. The normalized spacial score (nSPS) is 19.5. The van der Waals surface area contributed by atoms with Crippen LogP contribution >= 0.6 is 0 Å². The van der Waals surface area contributed by atoms with Crippen LogP contribution in [0.5, 0.6) is 5.75 Å². The van der Waals surface area contributed by atoms with E-state index in [1.54, 1.807) is 48.5 Å². The molecule has 5 rings (SSSR count). The van der Waals surface area contributed by atoms with E-state index in [4.69, 9.17) is 14.9 Å². The molecule has 0 saturated heterocycles. The maximum atomic E-state index is 13.8. The van der Waals surface area contributed by atoms with Crippen LogP contribution in [-0.2, 0) is 15.0 Å². The predicted octanol–water partition coefficient (Wildman–Crippen LogP) is 2.06. The third-order valence-corrected chi connectivity index (χ3v) is 5.47. The number of hydrogen-bond acceptors (Lipinski definition) is 7. The molecule has 2 aliphatic rings. The number of hydrogen-bond donors (Lipinski definition) is 1. The first-order valence-electron chi connectivity index (χ1n) is 9.02. The lowest BCUT2D eigenvalue weighted by molar-refractivity contribution is -0.126. The minimum atomic E-state index is -1.95. The van der Waals surface area contributed by atoms with Crippen molar-refractivity contribution in [1.82, 2.24) is 0 Å². The third-order valence-electron chi connectivity index (χ3n) is 5.47. The van der Waals surface area contributed by atoms with E-state index >= 15 is 0 Å². The lowest BCUT2D eigenvalue weighted by Crippen LogP contribution is -2.49. The van der Waals surface area contributed by atoms with Crippen molar-refractivity contribution in [1.29, 1.82) is 5.26 Å². The molecule has 1 aromatic heterocycles. The number of carbonyl (C=O) groups excluding carboxylic acids is 2. The van der Waals surface area contributed by atoms with E-state index in [1.807, 2.05) is 6.07 Å². The fraction of sp³-hybridized carbons (Fsp3) is 0.0909. The zero-order valence-electron chi connectivity index (χ0n) is 15.6. The Balaban J connectivity index is 2.03. The van der Waals surface area contributed by atoms with Crippen LogP contribution in [0, 0.1) is 11.3 Å². The molecule has 0 saturated carbocycles. The van der Waals surface area contributed by atoms with Crippen molar-refractivity contribution in [2.75, 3.05) is 4.90 Å². The van der Waals surface area contributed by atoms with E-state index in [0.717, 1.165) is 4.90 Å². The van der Waals surface area contributed by atoms with Crippen molar-refractivity contribution in [2.24, 2.45) is 5.73 Å². The van der Waals surface area contributed by atoms with Crippen LogP contribution in [0.15, 0.2) is 69.2 Å². The van der Waals surface area contributed by atoms with E-state index in [0.29, 0.717) is 5.39 Å². The molecule has 8 heteroatoms. The summed E-state index contributed by atoms with van der Waals surface area (Å²) in [6, 6.07) is 15.0. The average molecular weight is 399 g/mol. The predicted molar refractivity (Wildman–Crippen MR) is 105 cm³/mol. The van der Waals surface area contributed by atoms with Crippen molar-refractivity contribution >= 4 is 28.5 Å². The Labute approximate surface area is 169 Å². The van der Waals surface area contributed by atoms with Crippen molar-refractivity contribution in [3.8, 4) is 11.8 Å². The smallest absolute Gasteiger partial charge is 0.345 e. The zero-order valence-corrected chi connectivity index (χ0v) is 15.6. The molecular formula is C22H13N3O5. The van der Waals surface area contributed by atoms with E-state index in [1.165, 1.54) is 6.92 Å². The topological polar surface area (TPSA) is 127 Å². The summed E-state index contributed by atoms with van der Waals surface area (Å²) in [5, 5.41) is 10.3. The number of benzene rings is 2. The number of nitrogens with zero attached hydrogens (tertiary/aromatic N) is 2. The molecule has 2 N–H and O–H groups in total. The van der Waals surface area contributed by atoms with Crippen LogP contribution < -0.4 is 21.0 Å². The number of nitrogens with two attached hydrogens (primary N) is 1. The van der Waals surface area contributed by atoms with Crippen molar-refractivity contribution in [3.05, 3.63) is 81.5 Å². The summed E-state index contributed by atoms with van der Waals surface area (Å²) in [7, 11) is 0. The van der Waals surface area contributed by atoms with Gasteiger partial charge in [-0.3, -0.25) is 9.59 Å². The first-order chi connectivity index (χ1) is 14.4. The molecule has 2 amide bonds. The molecule has 1 atom stereocenters. The number of para-hydroxylation sites is 2. The minimum absolute atomic E-state index is 0.0342. The second-order valence-electron chi connectivity index (χ2n) is 6.97. The zero-order chi connectivity index (χ0) is 21.2. The molecule has 3 heterocycles. The largest absolute Gasteiger partial charge is 0.439 e. The number of amides is 2. The number of ether oxygens (including phenoxy) is 1. The first-order valence-corrected chi connectivity index (χ1v) is 9.02. The lowest BCUT2D eigenvalue weighted by atomic mass is 9.69. The average Bonchev–Trinajstić information content (AvgIpc) is 2.97. The molecule has 2 aromatic carbocycles. The fourth-order valence-electron chi connectivity index (χ4n) is 4.33. The second-order valence-corrected chi connectivity index (χ2v) is 6.97. The molecule has 1 unspecified atom stereocenters. The molecule has 0 radical (unpaired) electrons. The molecule has 1 spiro atoms. The van der Waals surface area contributed by atoms with E-state index in [2.05, 4.69) is 0 Å². The highest BCUT2D eigenvalue weighted by Gasteiger charge is 2.62. The Morgan fingerprint density at radius 2 is 1.83 bits per heavy atom. The third kappa shape index (κ3) is 1.91. The van der Waals surface area contributed by atoms with Gasteiger partial charge in [0.2, 0.25) is 11.8 Å². The quantitative estimate of drug-likeness (QED) is 0.573. The molecule has 0 bridgehead atoms. The summed E-state index contributed by atoms with van der Waals surface area (Å²) in [6.45, 7) is 1.23. The second kappa shape index (κ2) is 5.81. The number of imide groups is 1. The van der Waals surface area contributed by atoms with Crippen molar-refractivity contribution in [2.45, 2.75) is 12.3 Å². The van der Waals surface area contributed by atoms with Gasteiger partial charge in [0.1, 0.15) is 22.8 Å². The first kappa shape index (κ1) is 17.7. The molecule has 0 fully saturated rings. The van der Waals surface area contributed by atoms with Crippen LogP contribution in [0.3, 0.4) is 0 Å². The summed E-state index contributed by atoms with van der Waals surface area (Å²) >= 11 is 0. The van der Waals surface area contributed by atoms with Gasteiger partial charge >= 0.3 is 5.63 Å². The summed E-state index contributed by atoms with van der Waals surface area (Å²) in [5.41, 5.74) is 3.66. The van der Waals surface area contributed by atoms with Gasteiger partial charge in [0.05, 0.1) is 11.1 Å². The Morgan fingerprint density at radius 1 is 1.13 bits per heavy atom. The van der Waals surface area contributed by atoms with Crippen LogP contribution in [0.1, 0.15) is 18.1 Å². The maximum Gasteiger partial charge on any atom is 0.345 e. The minimum Gasteiger partial charge on any atom is -0.439 e. The van der Waals surface area contributed by atoms with Crippen LogP contribution in [0.25, 0.3) is 11.0 Å². The number of nitriles is 1. The molecular weight excluding hydrogens is 386 g/mol. The molecule has 3 aromatic rings. The standard InChI is InChI=1S/C22H13N3O5/c1-11(26)25-15-8-4-3-7-13(15)22(21(25)28)14(10-23)19(24)30-18-12-6-2-5-9-16(12)29-20(27)17(18)22/h2-9H,24H2,1H3. The Bertz CT molecular complexity index is 1430. The molecule has 8 nitrogen and oxygen atoms in total. The number of carbonyl (C=O) groups is 2. The van der Waals surface area contributed by atoms with Gasteiger partial charge in [-0.2, -0.15) is 5.26 Å². The van der Waals surface area contributed by atoms with Crippen molar-refractivity contribution in [3.63, 3.8) is 0 Å². The van der Waals surface area contributed by atoms with Crippen LogP contribution in [0.2, 0.25) is 0 Å². The van der Waals surface area contributed by atoms with Gasteiger partial charge in [-0.15, -0.1) is 0 Å². The Kier molecular flexibility index (Phi) is 3.43. The van der Waals surface area contributed by atoms with Gasteiger partial charge < -0.3 is 14.9 Å². The van der Waals surface area contributed by atoms with Gasteiger partial charge in [0.25, 0.3) is 5.91 Å². The summed E-state index contributed by atoms with van der Waals surface area (Å²) in [4.78, 5) is 40.3. The maximum absolute atomic E-state index is 13.8.